The number of carbonyl (C=O) groups is 2. The van der Waals surface area contributed by atoms with Crippen LogP contribution in [-0.2, 0) is 11.3 Å². The fraction of sp³-hybridized carbons (Fsp3) is 0.211. The Morgan fingerprint density at radius 1 is 1.36 bits per heavy atom. The van der Waals surface area contributed by atoms with Crippen molar-refractivity contribution >= 4 is 17.6 Å². The second-order valence-corrected chi connectivity index (χ2v) is 6.22. The Morgan fingerprint density at radius 3 is 2.79 bits per heavy atom. The molecule has 140 valence electrons. The molecule has 0 spiro atoms. The third-order valence-electron chi connectivity index (χ3n) is 4.32. The number of pyridine rings is 1. The highest BCUT2D eigenvalue weighted by atomic mass is 19.1. The molecular weight excluding hydrogens is 363 g/mol. The smallest absolute Gasteiger partial charge is 0.322 e. The van der Waals surface area contributed by atoms with Gasteiger partial charge in [0.05, 0.1) is 29.4 Å². The van der Waals surface area contributed by atoms with Crippen molar-refractivity contribution in [1.29, 1.82) is 10.5 Å². The zero-order valence-corrected chi connectivity index (χ0v) is 14.9. The Bertz CT molecular complexity index is 1020. The number of anilines is 1. The molecule has 9 heteroatoms. The maximum atomic E-state index is 13.8. The fourth-order valence-electron chi connectivity index (χ4n) is 2.87. The van der Waals surface area contributed by atoms with Crippen LogP contribution in [-0.4, -0.2) is 28.4 Å². The molecule has 1 aliphatic rings. The summed E-state index contributed by atoms with van der Waals surface area (Å²) >= 11 is 0. The van der Waals surface area contributed by atoms with Gasteiger partial charge in [-0.05, 0) is 31.2 Å². The third kappa shape index (κ3) is 3.74. The van der Waals surface area contributed by atoms with E-state index in [1.54, 1.807) is 25.1 Å². The molecule has 1 aliphatic heterocycles. The largest absolute Gasteiger partial charge is 0.346 e. The minimum Gasteiger partial charge on any atom is -0.346 e. The van der Waals surface area contributed by atoms with E-state index in [9.17, 15) is 14.0 Å². The summed E-state index contributed by atoms with van der Waals surface area (Å²) in [5, 5.41) is 23.2. The molecule has 0 fully saturated rings. The number of aromatic nitrogens is 1. The van der Waals surface area contributed by atoms with Gasteiger partial charge in [0.25, 0.3) is 0 Å². The number of amides is 3. The van der Waals surface area contributed by atoms with Gasteiger partial charge in [0.2, 0.25) is 5.91 Å². The lowest BCUT2D eigenvalue weighted by Crippen LogP contribution is -2.45. The van der Waals surface area contributed by atoms with E-state index in [0.29, 0.717) is 22.5 Å². The Morgan fingerprint density at radius 2 is 2.14 bits per heavy atom. The van der Waals surface area contributed by atoms with Crippen LogP contribution in [0.5, 0.6) is 0 Å². The van der Waals surface area contributed by atoms with Crippen molar-refractivity contribution in [2.24, 2.45) is 0 Å². The number of benzene rings is 1. The van der Waals surface area contributed by atoms with Crippen LogP contribution in [0.3, 0.4) is 0 Å². The van der Waals surface area contributed by atoms with Gasteiger partial charge in [0.1, 0.15) is 24.5 Å². The van der Waals surface area contributed by atoms with Crippen LogP contribution >= 0.6 is 0 Å². The highest BCUT2D eigenvalue weighted by Crippen LogP contribution is 2.28. The number of hydrogen-bond donors (Lipinski definition) is 2. The molecule has 0 bridgehead atoms. The number of carbonyl (C=O) groups excluding carboxylic acids is 2. The first-order chi connectivity index (χ1) is 13.4. The molecule has 2 aromatic rings. The van der Waals surface area contributed by atoms with Crippen molar-refractivity contribution < 1.29 is 14.0 Å². The Kier molecular flexibility index (Phi) is 5.18. The van der Waals surface area contributed by atoms with Crippen LogP contribution in [0.15, 0.2) is 30.5 Å². The molecule has 0 saturated carbocycles. The molecule has 2 heterocycles. The van der Waals surface area contributed by atoms with Gasteiger partial charge in [-0.15, -0.1) is 0 Å². The second-order valence-electron chi connectivity index (χ2n) is 6.22. The van der Waals surface area contributed by atoms with E-state index in [0.717, 1.165) is 6.07 Å². The van der Waals surface area contributed by atoms with Crippen molar-refractivity contribution in [3.05, 3.63) is 58.7 Å². The Balaban J connectivity index is 1.69. The van der Waals surface area contributed by atoms with E-state index in [1.165, 1.54) is 17.2 Å². The number of hydrogen-bond acceptors (Lipinski definition) is 5. The predicted molar refractivity (Wildman–Crippen MR) is 96.1 cm³/mol. The lowest BCUT2D eigenvalue weighted by atomic mass is 10.0. The van der Waals surface area contributed by atoms with Crippen LogP contribution < -0.4 is 10.6 Å². The predicted octanol–water partition coefficient (Wildman–Crippen LogP) is 2.19. The summed E-state index contributed by atoms with van der Waals surface area (Å²) in [4.78, 5) is 29.9. The number of nitrogens with one attached hydrogen (secondary N) is 2. The van der Waals surface area contributed by atoms with Crippen LogP contribution in [0.4, 0.5) is 14.9 Å². The normalized spacial score (nSPS) is 13.6. The summed E-state index contributed by atoms with van der Waals surface area (Å²) in [6.45, 7) is 1.40. The SMILES string of the molecule is C[C@@H](NC(=O)CN1Cc2c(ccc(F)c2C#N)NC1=O)c1ccc(C#N)cn1. The zero-order chi connectivity index (χ0) is 20.3. The van der Waals surface area contributed by atoms with E-state index in [4.69, 9.17) is 10.5 Å². The van der Waals surface area contributed by atoms with Gasteiger partial charge < -0.3 is 15.5 Å². The number of halogens is 1. The minimum absolute atomic E-state index is 0.0568. The summed E-state index contributed by atoms with van der Waals surface area (Å²) < 4.78 is 13.8. The second kappa shape index (κ2) is 7.72. The van der Waals surface area contributed by atoms with Gasteiger partial charge in [0, 0.05) is 17.4 Å². The molecule has 1 atom stereocenters. The highest BCUT2D eigenvalue weighted by molar-refractivity contribution is 5.95. The van der Waals surface area contributed by atoms with Gasteiger partial charge in [-0.2, -0.15) is 10.5 Å². The van der Waals surface area contributed by atoms with Crippen molar-refractivity contribution in [1.82, 2.24) is 15.2 Å². The van der Waals surface area contributed by atoms with Crippen molar-refractivity contribution in [3.63, 3.8) is 0 Å². The zero-order valence-electron chi connectivity index (χ0n) is 14.9. The fourth-order valence-corrected chi connectivity index (χ4v) is 2.87. The molecule has 3 rings (SSSR count). The monoisotopic (exact) mass is 378 g/mol. The Hall–Kier alpha value is -3.98. The number of nitriles is 2. The molecular formula is C19H15FN6O2. The standard InChI is InChI=1S/C19H15FN6O2/c1-11(16-4-2-12(6-21)8-23-16)24-18(27)10-26-9-14-13(7-22)15(20)3-5-17(14)25-19(26)28/h2-5,8,11H,9-10H2,1H3,(H,24,27)(H,25,28)/t11-/m1/s1. The van der Waals surface area contributed by atoms with Crippen LogP contribution in [0, 0.1) is 28.5 Å². The molecule has 3 amide bonds. The van der Waals surface area contributed by atoms with Gasteiger partial charge in [-0.25, -0.2) is 9.18 Å². The quantitative estimate of drug-likeness (QED) is 0.844. The number of fused-ring (bicyclic) bond motifs is 1. The summed E-state index contributed by atoms with van der Waals surface area (Å²) in [5.74, 6) is -1.12. The van der Waals surface area contributed by atoms with E-state index in [1.807, 2.05) is 6.07 Å². The third-order valence-corrected chi connectivity index (χ3v) is 4.32. The van der Waals surface area contributed by atoms with Gasteiger partial charge in [0.15, 0.2) is 0 Å². The lowest BCUT2D eigenvalue weighted by molar-refractivity contribution is -0.122. The van der Waals surface area contributed by atoms with E-state index in [2.05, 4.69) is 15.6 Å². The maximum absolute atomic E-state index is 13.8. The van der Waals surface area contributed by atoms with Crippen molar-refractivity contribution in [2.75, 3.05) is 11.9 Å². The summed E-state index contributed by atoms with van der Waals surface area (Å²) in [7, 11) is 0. The van der Waals surface area contributed by atoms with Crippen LogP contribution in [0.2, 0.25) is 0 Å². The molecule has 8 nitrogen and oxygen atoms in total. The molecule has 28 heavy (non-hydrogen) atoms. The molecule has 2 N–H and O–H groups in total. The van der Waals surface area contributed by atoms with Crippen LogP contribution in [0.1, 0.15) is 35.3 Å². The first-order valence-electron chi connectivity index (χ1n) is 8.35. The minimum atomic E-state index is -0.678. The molecule has 0 aliphatic carbocycles. The molecule has 1 aromatic carbocycles. The lowest BCUT2D eigenvalue weighted by Gasteiger charge is -2.29. The number of nitrogens with zero attached hydrogens (tertiary/aromatic N) is 4. The van der Waals surface area contributed by atoms with Gasteiger partial charge in [-0.3, -0.25) is 9.78 Å². The first kappa shape index (κ1) is 18.8. The van der Waals surface area contributed by atoms with Crippen molar-refractivity contribution in [3.8, 4) is 12.1 Å². The van der Waals surface area contributed by atoms with E-state index in [-0.39, 0.29) is 18.7 Å². The number of rotatable bonds is 4. The van der Waals surface area contributed by atoms with E-state index < -0.39 is 23.8 Å². The average molecular weight is 378 g/mol. The summed E-state index contributed by atoms with van der Waals surface area (Å²) in [6, 6.07) is 8.54. The van der Waals surface area contributed by atoms with E-state index >= 15 is 0 Å². The molecule has 0 saturated heterocycles. The average Bonchev–Trinajstić information content (AvgIpc) is 2.69. The summed E-state index contributed by atoms with van der Waals surface area (Å²) in [5.41, 5.74) is 1.51. The van der Waals surface area contributed by atoms with Crippen LogP contribution in [0.25, 0.3) is 0 Å². The van der Waals surface area contributed by atoms with Gasteiger partial charge >= 0.3 is 6.03 Å². The number of urea groups is 1. The molecule has 0 radical (unpaired) electrons. The van der Waals surface area contributed by atoms with Crippen molar-refractivity contribution in [2.45, 2.75) is 19.5 Å². The maximum Gasteiger partial charge on any atom is 0.322 e. The van der Waals surface area contributed by atoms with Gasteiger partial charge in [-0.1, -0.05) is 0 Å². The first-order valence-corrected chi connectivity index (χ1v) is 8.35. The summed E-state index contributed by atoms with van der Waals surface area (Å²) in [6.07, 6.45) is 1.41. The Labute approximate surface area is 160 Å². The highest BCUT2D eigenvalue weighted by Gasteiger charge is 2.28. The molecule has 1 aromatic heterocycles. The topological polar surface area (TPSA) is 122 Å². The molecule has 0 unspecified atom stereocenters.